The molecule has 1 heteroatoms. The molecular weight excluding hydrogens is 232 g/mol. The fourth-order valence-electron chi connectivity index (χ4n) is 7.46. The van der Waals surface area contributed by atoms with Crippen LogP contribution in [0.3, 0.4) is 0 Å². The van der Waals surface area contributed by atoms with E-state index in [1.165, 1.54) is 70.6 Å². The van der Waals surface area contributed by atoms with Gasteiger partial charge in [-0.25, -0.2) is 0 Å². The Hall–Kier alpha value is -0.330. The van der Waals surface area contributed by atoms with Gasteiger partial charge in [0, 0.05) is 10.8 Å². The number of carbonyl (C=O) groups is 1. The lowest BCUT2D eigenvalue weighted by atomic mass is 9.46. The molecule has 0 aromatic rings. The lowest BCUT2D eigenvalue weighted by molar-refractivity contribution is -0.154. The van der Waals surface area contributed by atoms with Gasteiger partial charge < -0.3 is 0 Å². The molecule has 6 rings (SSSR count). The van der Waals surface area contributed by atoms with Gasteiger partial charge in [-0.1, -0.05) is 0 Å². The summed E-state index contributed by atoms with van der Waals surface area (Å²) in [5.41, 5.74) is 0.352. The SMILES string of the molecule is O=C(C12CCC(CC1)C2)C12CC3CC(CC(C3)C1)C2. The minimum Gasteiger partial charge on any atom is -0.298 e. The maximum atomic E-state index is 13.5. The molecule has 0 heterocycles. The van der Waals surface area contributed by atoms with Gasteiger partial charge in [0.2, 0.25) is 0 Å². The standard InChI is InChI=1S/C18H26O/c19-16(17-3-1-12(8-17)2-4-17)18-9-13-5-14(10-18)7-15(6-13)11-18/h12-15H,1-11H2. The van der Waals surface area contributed by atoms with E-state index in [2.05, 4.69) is 0 Å². The first-order valence-electron chi connectivity index (χ1n) is 8.72. The highest BCUT2D eigenvalue weighted by Gasteiger charge is 2.61. The lowest BCUT2D eigenvalue weighted by Crippen LogP contribution is -2.53. The molecule has 0 aromatic carbocycles. The number of hydrogen-bond donors (Lipinski definition) is 0. The second-order valence-electron chi connectivity index (χ2n) is 8.95. The van der Waals surface area contributed by atoms with Crippen molar-refractivity contribution >= 4 is 5.78 Å². The highest BCUT2D eigenvalue weighted by atomic mass is 16.1. The zero-order valence-electron chi connectivity index (χ0n) is 12.0. The number of hydrogen-bond acceptors (Lipinski definition) is 1. The molecule has 0 spiro atoms. The van der Waals surface area contributed by atoms with Gasteiger partial charge in [0.25, 0.3) is 0 Å². The molecule has 0 amide bonds. The van der Waals surface area contributed by atoms with Crippen molar-refractivity contribution in [2.24, 2.45) is 34.5 Å². The zero-order valence-corrected chi connectivity index (χ0v) is 12.0. The molecule has 104 valence electrons. The Morgan fingerprint density at radius 3 is 1.58 bits per heavy atom. The van der Waals surface area contributed by atoms with Crippen LogP contribution in [0.5, 0.6) is 0 Å². The van der Waals surface area contributed by atoms with E-state index in [1.54, 1.807) is 0 Å². The third kappa shape index (κ3) is 1.40. The molecule has 0 N–H and O–H groups in total. The van der Waals surface area contributed by atoms with Gasteiger partial charge in [-0.3, -0.25) is 4.79 Å². The van der Waals surface area contributed by atoms with Crippen molar-refractivity contribution in [3.63, 3.8) is 0 Å². The minimum absolute atomic E-state index is 0.175. The summed E-state index contributed by atoms with van der Waals surface area (Å²) in [5, 5.41) is 0. The van der Waals surface area contributed by atoms with Crippen LogP contribution in [-0.2, 0) is 4.79 Å². The van der Waals surface area contributed by atoms with Gasteiger partial charge >= 0.3 is 0 Å². The minimum atomic E-state index is 0.175. The summed E-state index contributed by atoms with van der Waals surface area (Å²) in [6, 6.07) is 0. The largest absolute Gasteiger partial charge is 0.298 e. The number of Topliss-reactive ketones (excluding diaryl/α,β-unsaturated/α-hetero) is 1. The summed E-state index contributed by atoms with van der Waals surface area (Å²) in [6.45, 7) is 0. The molecule has 19 heavy (non-hydrogen) atoms. The van der Waals surface area contributed by atoms with Crippen LogP contribution in [0.4, 0.5) is 0 Å². The van der Waals surface area contributed by atoms with Crippen LogP contribution in [0.2, 0.25) is 0 Å². The molecule has 0 radical (unpaired) electrons. The molecule has 1 nitrogen and oxygen atoms in total. The second-order valence-corrected chi connectivity index (χ2v) is 8.95. The van der Waals surface area contributed by atoms with Crippen LogP contribution in [0, 0.1) is 34.5 Å². The van der Waals surface area contributed by atoms with Crippen molar-refractivity contribution in [1.82, 2.24) is 0 Å². The summed E-state index contributed by atoms with van der Waals surface area (Å²) in [6.07, 6.45) is 14.7. The van der Waals surface area contributed by atoms with Crippen molar-refractivity contribution in [3.8, 4) is 0 Å². The Bertz CT molecular complexity index is 392. The predicted molar refractivity (Wildman–Crippen MR) is 74.6 cm³/mol. The van der Waals surface area contributed by atoms with Crippen LogP contribution < -0.4 is 0 Å². The zero-order chi connectivity index (χ0) is 12.7. The van der Waals surface area contributed by atoms with E-state index in [4.69, 9.17) is 0 Å². The lowest BCUT2D eigenvalue weighted by Gasteiger charge is -2.57. The van der Waals surface area contributed by atoms with E-state index in [1.807, 2.05) is 0 Å². The van der Waals surface area contributed by atoms with Crippen molar-refractivity contribution < 1.29 is 4.79 Å². The summed E-state index contributed by atoms with van der Waals surface area (Å²) in [4.78, 5) is 13.5. The Morgan fingerprint density at radius 2 is 1.16 bits per heavy atom. The molecule has 6 fully saturated rings. The van der Waals surface area contributed by atoms with Crippen molar-refractivity contribution in [1.29, 1.82) is 0 Å². The van der Waals surface area contributed by atoms with E-state index < -0.39 is 0 Å². The normalized spacial score (nSPS) is 57.9. The van der Waals surface area contributed by atoms with E-state index in [-0.39, 0.29) is 10.8 Å². The van der Waals surface area contributed by atoms with Crippen LogP contribution in [0.15, 0.2) is 0 Å². The van der Waals surface area contributed by atoms with E-state index in [0.29, 0.717) is 0 Å². The first kappa shape index (κ1) is 11.3. The third-order valence-electron chi connectivity index (χ3n) is 7.74. The molecule has 6 bridgehead atoms. The van der Waals surface area contributed by atoms with Crippen LogP contribution in [0.25, 0.3) is 0 Å². The number of fused-ring (bicyclic) bond motifs is 2. The second kappa shape index (κ2) is 3.46. The Balaban J connectivity index is 1.50. The summed E-state index contributed by atoms with van der Waals surface area (Å²) < 4.78 is 0. The quantitative estimate of drug-likeness (QED) is 0.719. The van der Waals surface area contributed by atoms with Crippen LogP contribution >= 0.6 is 0 Å². The molecule has 6 aliphatic carbocycles. The van der Waals surface area contributed by atoms with E-state index in [0.717, 1.165) is 29.5 Å². The Labute approximate surface area is 116 Å². The topological polar surface area (TPSA) is 17.1 Å². The van der Waals surface area contributed by atoms with Crippen LogP contribution in [-0.4, -0.2) is 5.78 Å². The van der Waals surface area contributed by atoms with Gasteiger partial charge in [-0.15, -0.1) is 0 Å². The highest BCUT2D eigenvalue weighted by molar-refractivity contribution is 5.91. The Morgan fingerprint density at radius 1 is 0.684 bits per heavy atom. The maximum absolute atomic E-state index is 13.5. The van der Waals surface area contributed by atoms with Crippen molar-refractivity contribution in [2.45, 2.75) is 70.6 Å². The number of rotatable bonds is 2. The molecule has 0 unspecified atom stereocenters. The molecule has 0 atom stereocenters. The molecule has 6 aliphatic rings. The fourth-order valence-corrected chi connectivity index (χ4v) is 7.46. The van der Waals surface area contributed by atoms with E-state index >= 15 is 0 Å². The molecule has 0 aliphatic heterocycles. The summed E-state index contributed by atoms with van der Waals surface area (Å²) in [5.74, 6) is 4.46. The predicted octanol–water partition coefficient (Wildman–Crippen LogP) is 4.35. The summed E-state index contributed by atoms with van der Waals surface area (Å²) in [7, 11) is 0. The van der Waals surface area contributed by atoms with E-state index in [9.17, 15) is 4.79 Å². The molecule has 6 saturated carbocycles. The third-order valence-corrected chi connectivity index (χ3v) is 7.74. The van der Waals surface area contributed by atoms with Gasteiger partial charge in [-0.05, 0) is 94.3 Å². The maximum Gasteiger partial charge on any atom is 0.145 e. The van der Waals surface area contributed by atoms with Crippen molar-refractivity contribution in [3.05, 3.63) is 0 Å². The monoisotopic (exact) mass is 258 g/mol. The van der Waals surface area contributed by atoms with Gasteiger partial charge in [0.05, 0.1) is 0 Å². The van der Waals surface area contributed by atoms with Crippen LogP contribution in [0.1, 0.15) is 70.6 Å². The molecular formula is C18H26O. The van der Waals surface area contributed by atoms with Gasteiger partial charge in [0.15, 0.2) is 0 Å². The smallest absolute Gasteiger partial charge is 0.145 e. The Kier molecular flexibility index (Phi) is 2.07. The average molecular weight is 258 g/mol. The summed E-state index contributed by atoms with van der Waals surface area (Å²) >= 11 is 0. The molecule has 0 aromatic heterocycles. The average Bonchev–Trinajstić information content (AvgIpc) is 2.97. The highest BCUT2D eigenvalue weighted by Crippen LogP contribution is 2.65. The first-order valence-corrected chi connectivity index (χ1v) is 8.72. The first-order chi connectivity index (χ1) is 9.18. The number of ketones is 1. The van der Waals surface area contributed by atoms with Crippen molar-refractivity contribution in [2.75, 3.05) is 0 Å². The molecule has 0 saturated heterocycles. The van der Waals surface area contributed by atoms with Gasteiger partial charge in [-0.2, -0.15) is 0 Å². The fraction of sp³-hybridized carbons (Fsp3) is 0.944. The number of carbonyl (C=O) groups excluding carboxylic acids is 1. The van der Waals surface area contributed by atoms with Gasteiger partial charge in [0.1, 0.15) is 5.78 Å².